The largest absolute Gasteiger partial charge is 0.504 e. The molecule has 2 aromatic carbocycles. The molecule has 0 radical (unpaired) electrons. The number of benzene rings is 2. The lowest BCUT2D eigenvalue weighted by molar-refractivity contribution is -0.139. The van der Waals surface area contributed by atoms with Gasteiger partial charge in [0.05, 0.1) is 5.69 Å². The van der Waals surface area contributed by atoms with Crippen LogP contribution in [0.2, 0.25) is 0 Å². The van der Waals surface area contributed by atoms with Crippen molar-refractivity contribution in [2.24, 2.45) is 5.92 Å². The summed E-state index contributed by atoms with van der Waals surface area (Å²) in [5.74, 6) is -2.49. The van der Waals surface area contributed by atoms with Crippen molar-refractivity contribution in [3.8, 4) is 17.2 Å². The van der Waals surface area contributed by atoms with Gasteiger partial charge in [-0.2, -0.15) is 0 Å². The van der Waals surface area contributed by atoms with Crippen molar-refractivity contribution in [3.05, 3.63) is 48.0 Å². The Morgan fingerprint density at radius 2 is 1.72 bits per heavy atom. The van der Waals surface area contributed by atoms with Crippen LogP contribution in [-0.4, -0.2) is 39.7 Å². The lowest BCUT2D eigenvalue weighted by Gasteiger charge is -2.16. The van der Waals surface area contributed by atoms with Gasteiger partial charge in [0.1, 0.15) is 5.75 Å². The number of nitrogens with one attached hydrogen (secondary N) is 2. The van der Waals surface area contributed by atoms with Crippen molar-refractivity contribution >= 4 is 35.2 Å². The summed E-state index contributed by atoms with van der Waals surface area (Å²) in [5.41, 5.74) is 1.11. The van der Waals surface area contributed by atoms with Gasteiger partial charge in [-0.3, -0.25) is 9.59 Å². The minimum Gasteiger partial charge on any atom is -0.504 e. The maximum Gasteiger partial charge on any atom is 0.341 e. The van der Waals surface area contributed by atoms with E-state index in [4.69, 9.17) is 9.84 Å². The molecule has 2 amide bonds. The van der Waals surface area contributed by atoms with Crippen LogP contribution in [0, 0.1) is 5.92 Å². The quantitative estimate of drug-likeness (QED) is 0.279. The molecule has 0 fully saturated rings. The van der Waals surface area contributed by atoms with Crippen molar-refractivity contribution in [2.45, 2.75) is 26.7 Å². The van der Waals surface area contributed by atoms with Crippen LogP contribution >= 0.6 is 0 Å². The number of hydrogen-bond donors (Lipinski definition) is 5. The third-order valence-electron chi connectivity index (χ3n) is 4.64. The predicted molar refractivity (Wildman–Crippen MR) is 120 cm³/mol. The molecule has 170 valence electrons. The predicted octanol–water partition coefficient (Wildman–Crippen LogP) is 3.59. The Balaban J connectivity index is 2.18. The van der Waals surface area contributed by atoms with Gasteiger partial charge < -0.3 is 30.7 Å². The highest BCUT2D eigenvalue weighted by Crippen LogP contribution is 2.29. The third-order valence-corrected chi connectivity index (χ3v) is 4.64. The number of amides is 2. The van der Waals surface area contributed by atoms with Gasteiger partial charge in [-0.05, 0) is 54.8 Å². The van der Waals surface area contributed by atoms with Crippen molar-refractivity contribution in [2.75, 3.05) is 17.2 Å². The highest BCUT2D eigenvalue weighted by atomic mass is 16.5. The van der Waals surface area contributed by atoms with E-state index >= 15 is 0 Å². The van der Waals surface area contributed by atoms with E-state index < -0.39 is 18.5 Å². The van der Waals surface area contributed by atoms with Crippen LogP contribution in [0.1, 0.15) is 32.3 Å². The molecule has 0 aromatic heterocycles. The molecule has 0 saturated heterocycles. The number of carbonyl (C=O) groups is 3. The Hall–Kier alpha value is -4.01. The van der Waals surface area contributed by atoms with E-state index in [1.807, 2.05) is 13.8 Å². The van der Waals surface area contributed by atoms with Gasteiger partial charge in [-0.1, -0.05) is 19.9 Å². The van der Waals surface area contributed by atoms with E-state index in [2.05, 4.69) is 10.6 Å². The second-order valence-corrected chi connectivity index (χ2v) is 6.97. The van der Waals surface area contributed by atoms with Gasteiger partial charge in [-0.15, -0.1) is 0 Å². The number of hydrogen-bond acceptors (Lipinski definition) is 6. The topological polar surface area (TPSA) is 145 Å². The first-order valence-corrected chi connectivity index (χ1v) is 10.0. The maximum atomic E-state index is 12.5. The normalized spacial score (nSPS) is 10.8. The van der Waals surface area contributed by atoms with Crippen LogP contribution in [0.5, 0.6) is 17.2 Å². The standard InChI is InChI=1S/C23H26N2O7/c1-3-15(4-2)23(31)25-17-12-16(7-9-20(17)32-13-22(29)30)24-21(28)10-6-14-5-8-18(26)19(27)11-14/h5-12,15,26-27H,3-4,13H2,1-2H3,(H,24,28)(H,25,31)(H,29,30)/b10-6+. The SMILES string of the molecule is CCC(CC)C(=O)Nc1cc(NC(=O)/C=C/c2ccc(O)c(O)c2)ccc1OCC(=O)O. The van der Waals surface area contributed by atoms with Gasteiger partial charge in [0.2, 0.25) is 11.8 Å². The molecular formula is C23H26N2O7. The summed E-state index contributed by atoms with van der Waals surface area (Å²) in [5, 5.41) is 33.1. The molecule has 2 aromatic rings. The molecule has 0 saturated carbocycles. The summed E-state index contributed by atoms with van der Waals surface area (Å²) in [7, 11) is 0. The Morgan fingerprint density at radius 1 is 1.00 bits per heavy atom. The average Bonchev–Trinajstić information content (AvgIpc) is 2.74. The van der Waals surface area contributed by atoms with Gasteiger partial charge in [0.25, 0.3) is 0 Å². The van der Waals surface area contributed by atoms with E-state index in [0.29, 0.717) is 24.1 Å². The lowest BCUT2D eigenvalue weighted by atomic mass is 10.0. The summed E-state index contributed by atoms with van der Waals surface area (Å²) < 4.78 is 5.25. The van der Waals surface area contributed by atoms with Gasteiger partial charge in [0.15, 0.2) is 18.1 Å². The average molecular weight is 442 g/mol. The molecule has 9 heteroatoms. The van der Waals surface area contributed by atoms with Gasteiger partial charge in [0, 0.05) is 17.7 Å². The second kappa shape index (κ2) is 11.4. The highest BCUT2D eigenvalue weighted by molar-refractivity contribution is 6.03. The lowest BCUT2D eigenvalue weighted by Crippen LogP contribution is -2.22. The summed E-state index contributed by atoms with van der Waals surface area (Å²) >= 11 is 0. The van der Waals surface area contributed by atoms with E-state index in [-0.39, 0.29) is 34.8 Å². The molecule has 32 heavy (non-hydrogen) atoms. The number of carboxylic acid groups (broad SMARTS) is 1. The van der Waals surface area contributed by atoms with Crippen LogP contribution in [0.25, 0.3) is 6.08 Å². The fourth-order valence-electron chi connectivity index (χ4n) is 2.87. The molecule has 0 unspecified atom stereocenters. The monoisotopic (exact) mass is 442 g/mol. The number of carbonyl (C=O) groups excluding carboxylic acids is 2. The Bertz CT molecular complexity index is 1010. The molecule has 0 heterocycles. The van der Waals surface area contributed by atoms with Crippen molar-refractivity contribution in [1.29, 1.82) is 0 Å². The first kappa shape index (κ1) is 24.3. The van der Waals surface area contributed by atoms with Crippen molar-refractivity contribution in [3.63, 3.8) is 0 Å². The minimum absolute atomic E-state index is 0.166. The summed E-state index contributed by atoms with van der Waals surface area (Å²) in [6.45, 7) is 3.21. The highest BCUT2D eigenvalue weighted by Gasteiger charge is 2.17. The van der Waals surface area contributed by atoms with E-state index in [1.54, 1.807) is 0 Å². The molecule has 2 rings (SSSR count). The molecule has 0 bridgehead atoms. The number of aromatic hydroxyl groups is 2. The number of ether oxygens (including phenoxy) is 1. The number of anilines is 2. The van der Waals surface area contributed by atoms with Crippen molar-refractivity contribution in [1.82, 2.24) is 0 Å². The smallest absolute Gasteiger partial charge is 0.341 e. The Morgan fingerprint density at radius 3 is 2.34 bits per heavy atom. The van der Waals surface area contributed by atoms with Crippen LogP contribution in [0.3, 0.4) is 0 Å². The Labute approximate surface area is 185 Å². The van der Waals surface area contributed by atoms with Crippen LogP contribution in [0.15, 0.2) is 42.5 Å². The van der Waals surface area contributed by atoms with Gasteiger partial charge >= 0.3 is 5.97 Å². The first-order valence-electron chi connectivity index (χ1n) is 10.0. The number of aliphatic carboxylic acids is 1. The minimum atomic E-state index is -1.16. The number of phenols is 2. The second-order valence-electron chi connectivity index (χ2n) is 6.97. The molecule has 0 spiro atoms. The summed E-state index contributed by atoms with van der Waals surface area (Å²) in [6, 6.07) is 8.59. The molecule has 0 atom stereocenters. The molecular weight excluding hydrogens is 416 g/mol. The number of carboxylic acids is 1. The zero-order chi connectivity index (χ0) is 23.7. The molecule has 0 aliphatic rings. The number of rotatable bonds is 10. The fourth-order valence-corrected chi connectivity index (χ4v) is 2.87. The zero-order valence-corrected chi connectivity index (χ0v) is 17.8. The third kappa shape index (κ3) is 7.05. The molecule has 5 N–H and O–H groups in total. The van der Waals surface area contributed by atoms with E-state index in [9.17, 15) is 24.6 Å². The van der Waals surface area contributed by atoms with Crippen LogP contribution < -0.4 is 15.4 Å². The summed E-state index contributed by atoms with van der Waals surface area (Å²) in [6.07, 6.45) is 3.97. The fraction of sp³-hybridized carbons (Fsp3) is 0.261. The molecule has 0 aliphatic carbocycles. The summed E-state index contributed by atoms with van der Waals surface area (Å²) in [4.78, 5) is 35.6. The zero-order valence-electron chi connectivity index (χ0n) is 17.8. The van der Waals surface area contributed by atoms with Crippen molar-refractivity contribution < 1.29 is 34.4 Å². The molecule has 0 aliphatic heterocycles. The van der Waals surface area contributed by atoms with E-state index in [0.717, 1.165) is 0 Å². The first-order chi connectivity index (χ1) is 15.2. The number of phenolic OH excluding ortho intramolecular Hbond substituents is 2. The van der Waals surface area contributed by atoms with Crippen LogP contribution in [-0.2, 0) is 14.4 Å². The Kier molecular flexibility index (Phi) is 8.64. The molecule has 9 nitrogen and oxygen atoms in total. The maximum absolute atomic E-state index is 12.5. The van der Waals surface area contributed by atoms with E-state index in [1.165, 1.54) is 48.6 Å². The van der Waals surface area contributed by atoms with Gasteiger partial charge in [-0.25, -0.2) is 4.79 Å². The van der Waals surface area contributed by atoms with Crippen LogP contribution in [0.4, 0.5) is 11.4 Å².